The van der Waals surface area contributed by atoms with E-state index in [1.807, 2.05) is 0 Å². The van der Waals surface area contributed by atoms with Crippen molar-refractivity contribution < 1.29 is 4.92 Å². The molecule has 2 fully saturated rings. The van der Waals surface area contributed by atoms with E-state index in [2.05, 4.69) is 32.8 Å². The highest BCUT2D eigenvalue weighted by molar-refractivity contribution is 5.88. The molecular formula is C21H26N6O2. The molecule has 0 aliphatic carbocycles. The molecule has 0 saturated carbocycles. The van der Waals surface area contributed by atoms with Crippen LogP contribution < -0.4 is 4.90 Å². The number of piperazine rings is 1. The van der Waals surface area contributed by atoms with E-state index in [0.29, 0.717) is 22.5 Å². The monoisotopic (exact) mass is 394 g/mol. The number of rotatable bonds is 4. The molecule has 0 bridgehead atoms. The Bertz CT molecular complexity index is 948. The summed E-state index contributed by atoms with van der Waals surface area (Å²) in [7, 11) is 2.23. The topological polar surface area (TPSA) is 89.5 Å². The minimum Gasteiger partial charge on any atom is -0.354 e. The number of nitro groups is 1. The fourth-order valence-corrected chi connectivity index (χ4v) is 4.40. The van der Waals surface area contributed by atoms with E-state index in [0.717, 1.165) is 38.5 Å². The number of likely N-dealkylation sites (tertiary alicyclic amines) is 1. The van der Waals surface area contributed by atoms with Gasteiger partial charge in [-0.3, -0.25) is 15.0 Å². The lowest BCUT2D eigenvalue weighted by molar-refractivity contribution is -0.384. The Kier molecular flexibility index (Phi) is 5.60. The van der Waals surface area contributed by atoms with Gasteiger partial charge in [0, 0.05) is 56.3 Å². The van der Waals surface area contributed by atoms with Gasteiger partial charge in [-0.05, 0) is 38.6 Å². The van der Waals surface area contributed by atoms with Gasteiger partial charge in [-0.2, -0.15) is 5.26 Å². The fourth-order valence-electron chi connectivity index (χ4n) is 4.40. The Balaban J connectivity index is 1.47. The predicted octanol–water partition coefficient (Wildman–Crippen LogP) is 2.62. The van der Waals surface area contributed by atoms with Crippen molar-refractivity contribution in [3.05, 3.63) is 39.9 Å². The van der Waals surface area contributed by atoms with Crippen LogP contribution in [0.2, 0.25) is 0 Å². The minimum absolute atomic E-state index is 0.0233. The molecule has 2 saturated heterocycles. The molecule has 2 aliphatic heterocycles. The third-order valence-corrected chi connectivity index (χ3v) is 6.20. The van der Waals surface area contributed by atoms with Crippen molar-refractivity contribution in [2.45, 2.75) is 25.3 Å². The van der Waals surface area contributed by atoms with Crippen molar-refractivity contribution in [3.63, 3.8) is 0 Å². The average molecular weight is 394 g/mol. The number of likely N-dealkylation sites (N-methyl/N-ethyl adjacent to an activating group) is 1. The zero-order valence-electron chi connectivity index (χ0n) is 16.8. The zero-order valence-corrected chi connectivity index (χ0v) is 16.8. The van der Waals surface area contributed by atoms with Gasteiger partial charge in [0.2, 0.25) is 0 Å². The highest BCUT2D eigenvalue weighted by atomic mass is 16.6. The molecule has 1 aromatic heterocycles. The maximum Gasteiger partial charge on any atom is 0.270 e. The van der Waals surface area contributed by atoms with Gasteiger partial charge in [0.1, 0.15) is 5.82 Å². The van der Waals surface area contributed by atoms with Crippen molar-refractivity contribution in [2.75, 3.05) is 51.2 Å². The summed E-state index contributed by atoms with van der Waals surface area (Å²) in [4.78, 5) is 22.5. The van der Waals surface area contributed by atoms with Gasteiger partial charge in [0.05, 0.1) is 22.1 Å². The first-order chi connectivity index (χ1) is 14.0. The largest absolute Gasteiger partial charge is 0.354 e. The molecule has 1 aromatic carbocycles. The van der Waals surface area contributed by atoms with Gasteiger partial charge in [-0.1, -0.05) is 6.42 Å². The van der Waals surface area contributed by atoms with Crippen LogP contribution in [0.5, 0.6) is 0 Å². The molecule has 0 amide bonds. The Morgan fingerprint density at radius 2 is 2.00 bits per heavy atom. The Morgan fingerprint density at radius 1 is 1.21 bits per heavy atom. The number of non-ortho nitro benzene ring substituents is 1. The third-order valence-electron chi connectivity index (χ3n) is 6.20. The molecule has 2 aromatic rings. The van der Waals surface area contributed by atoms with Crippen molar-refractivity contribution >= 4 is 22.4 Å². The second-order valence-electron chi connectivity index (χ2n) is 8.02. The van der Waals surface area contributed by atoms with E-state index in [9.17, 15) is 15.4 Å². The van der Waals surface area contributed by atoms with E-state index in [4.69, 9.17) is 0 Å². The molecule has 1 unspecified atom stereocenters. The summed E-state index contributed by atoms with van der Waals surface area (Å²) in [6.45, 7) is 6.00. The molecule has 0 radical (unpaired) electrons. The van der Waals surface area contributed by atoms with Gasteiger partial charge in [0.15, 0.2) is 0 Å². The smallest absolute Gasteiger partial charge is 0.270 e. The number of pyridine rings is 1. The number of hydrogen-bond acceptors (Lipinski definition) is 7. The summed E-state index contributed by atoms with van der Waals surface area (Å²) in [5.74, 6) is 0.775. The van der Waals surface area contributed by atoms with Crippen LogP contribution in [0.25, 0.3) is 10.9 Å². The predicted molar refractivity (Wildman–Crippen MR) is 112 cm³/mol. The molecule has 2 aliphatic rings. The summed E-state index contributed by atoms with van der Waals surface area (Å²) in [5, 5.41) is 21.1. The van der Waals surface area contributed by atoms with Crippen molar-refractivity contribution in [2.24, 2.45) is 0 Å². The summed E-state index contributed by atoms with van der Waals surface area (Å²) >= 11 is 0. The lowest BCUT2D eigenvalue weighted by Crippen LogP contribution is -2.52. The molecule has 1 atom stereocenters. The number of aromatic nitrogens is 1. The van der Waals surface area contributed by atoms with E-state index in [1.54, 1.807) is 12.1 Å². The SMILES string of the molecule is CN1CCCCC1CN1CCN(c2cc(C#N)c3cc([N+](=O)[O-])ccc3n2)CC1. The fraction of sp³-hybridized carbons (Fsp3) is 0.524. The van der Waals surface area contributed by atoms with Crippen LogP contribution in [0.1, 0.15) is 24.8 Å². The van der Waals surface area contributed by atoms with Crippen LogP contribution in [-0.4, -0.2) is 72.1 Å². The summed E-state index contributed by atoms with van der Waals surface area (Å²) in [6.07, 6.45) is 3.91. The number of fused-ring (bicyclic) bond motifs is 1. The van der Waals surface area contributed by atoms with Gasteiger partial charge in [-0.25, -0.2) is 4.98 Å². The Morgan fingerprint density at radius 3 is 2.69 bits per heavy atom. The number of benzene rings is 1. The normalized spacial score (nSPS) is 21.2. The second-order valence-corrected chi connectivity index (χ2v) is 8.02. The molecule has 29 heavy (non-hydrogen) atoms. The molecule has 4 rings (SSSR count). The molecule has 8 nitrogen and oxygen atoms in total. The molecule has 0 N–H and O–H groups in total. The maximum absolute atomic E-state index is 11.0. The zero-order chi connectivity index (χ0) is 20.4. The van der Waals surface area contributed by atoms with Crippen LogP contribution in [0.3, 0.4) is 0 Å². The first-order valence-electron chi connectivity index (χ1n) is 10.2. The van der Waals surface area contributed by atoms with Crippen molar-refractivity contribution in [1.82, 2.24) is 14.8 Å². The number of nitro benzene ring substituents is 1. The van der Waals surface area contributed by atoms with Crippen molar-refractivity contribution in [1.29, 1.82) is 5.26 Å². The quantitative estimate of drug-likeness (QED) is 0.582. The number of nitrogens with zero attached hydrogens (tertiary/aromatic N) is 6. The molecule has 8 heteroatoms. The minimum atomic E-state index is -0.447. The number of anilines is 1. The van der Waals surface area contributed by atoms with E-state index in [-0.39, 0.29) is 5.69 Å². The van der Waals surface area contributed by atoms with Crippen LogP contribution in [0.15, 0.2) is 24.3 Å². The Labute approximate surface area is 170 Å². The van der Waals surface area contributed by atoms with E-state index < -0.39 is 4.92 Å². The lowest BCUT2D eigenvalue weighted by atomic mass is 10.0. The first-order valence-corrected chi connectivity index (χ1v) is 10.2. The molecule has 3 heterocycles. The first kappa shape index (κ1) is 19.6. The average Bonchev–Trinajstić information content (AvgIpc) is 2.74. The molecular weight excluding hydrogens is 368 g/mol. The highest BCUT2D eigenvalue weighted by Crippen LogP contribution is 2.27. The van der Waals surface area contributed by atoms with Gasteiger partial charge < -0.3 is 9.80 Å². The van der Waals surface area contributed by atoms with Crippen LogP contribution in [0, 0.1) is 21.4 Å². The second kappa shape index (κ2) is 8.31. The van der Waals surface area contributed by atoms with Gasteiger partial charge in [-0.15, -0.1) is 0 Å². The van der Waals surface area contributed by atoms with Crippen LogP contribution in [0.4, 0.5) is 11.5 Å². The standard InChI is InChI=1S/C21H26N6O2/c1-24-7-3-2-4-18(24)15-25-8-10-26(11-9-25)21-12-16(14-22)19-13-17(27(28)29)5-6-20(19)23-21/h5-6,12-13,18H,2-4,7-11,15H2,1H3. The van der Waals surface area contributed by atoms with Gasteiger partial charge in [0.25, 0.3) is 5.69 Å². The summed E-state index contributed by atoms with van der Waals surface area (Å²) < 4.78 is 0. The molecule has 152 valence electrons. The molecule has 0 spiro atoms. The van der Waals surface area contributed by atoms with Crippen LogP contribution >= 0.6 is 0 Å². The van der Waals surface area contributed by atoms with E-state index in [1.165, 1.54) is 37.9 Å². The van der Waals surface area contributed by atoms with E-state index >= 15 is 0 Å². The van der Waals surface area contributed by atoms with Gasteiger partial charge >= 0.3 is 0 Å². The van der Waals surface area contributed by atoms with Crippen LogP contribution in [-0.2, 0) is 0 Å². The Hall–Kier alpha value is -2.76. The third kappa shape index (κ3) is 4.16. The lowest BCUT2D eigenvalue weighted by Gasteiger charge is -2.40. The van der Waals surface area contributed by atoms with Crippen molar-refractivity contribution in [3.8, 4) is 6.07 Å². The summed E-state index contributed by atoms with van der Waals surface area (Å²) in [6, 6.07) is 9.10. The number of piperidine rings is 1. The highest BCUT2D eigenvalue weighted by Gasteiger charge is 2.25. The summed E-state index contributed by atoms with van der Waals surface area (Å²) in [5.41, 5.74) is 1.03. The maximum atomic E-state index is 11.0. The number of hydrogen-bond donors (Lipinski definition) is 0. The number of nitriles is 1.